The van der Waals surface area contributed by atoms with Gasteiger partial charge >= 0.3 is 6.18 Å². The second-order valence-corrected chi connectivity index (χ2v) is 11.0. The van der Waals surface area contributed by atoms with Crippen LogP contribution in [0.25, 0.3) is 0 Å². The van der Waals surface area contributed by atoms with E-state index in [0.717, 1.165) is 43.5 Å². The fourth-order valence-electron chi connectivity index (χ4n) is 4.92. The van der Waals surface area contributed by atoms with Crippen LogP contribution in [0.1, 0.15) is 75.0 Å². The quantitative estimate of drug-likeness (QED) is 0.534. The average molecular weight is 524 g/mol. The predicted octanol–water partition coefficient (Wildman–Crippen LogP) is 5.01. The van der Waals surface area contributed by atoms with E-state index in [9.17, 15) is 18.0 Å². The van der Waals surface area contributed by atoms with Crippen molar-refractivity contribution in [1.82, 2.24) is 9.36 Å². The number of benzene rings is 1. The molecule has 4 rings (SSSR count). The molecule has 1 amide bonds. The molecule has 0 saturated carbocycles. The van der Waals surface area contributed by atoms with Crippen molar-refractivity contribution in [3.05, 3.63) is 46.6 Å². The van der Waals surface area contributed by atoms with Gasteiger partial charge in [0, 0.05) is 30.8 Å². The van der Waals surface area contributed by atoms with Gasteiger partial charge in [-0.25, -0.2) is 0 Å². The van der Waals surface area contributed by atoms with Crippen molar-refractivity contribution in [3.63, 3.8) is 0 Å². The highest BCUT2D eigenvalue weighted by atomic mass is 19.4. The minimum atomic E-state index is -4.61. The highest BCUT2D eigenvalue weighted by Gasteiger charge is 2.33. The molecule has 2 aromatic rings. The fraction of sp³-hybridized carbons (Fsp3) is 0.630. The van der Waals surface area contributed by atoms with Gasteiger partial charge in [-0.2, -0.15) is 18.2 Å². The third kappa shape index (κ3) is 6.46. The molecule has 3 heterocycles. The maximum atomic E-state index is 13.5. The first-order chi connectivity index (χ1) is 17.3. The maximum absolute atomic E-state index is 13.5. The van der Waals surface area contributed by atoms with Crippen LogP contribution in [-0.2, 0) is 34.7 Å². The highest BCUT2D eigenvalue weighted by Crippen LogP contribution is 2.33. The van der Waals surface area contributed by atoms with Crippen LogP contribution in [0.2, 0.25) is 0 Å². The summed E-state index contributed by atoms with van der Waals surface area (Å²) in [7, 11) is 1.89. The van der Waals surface area contributed by atoms with Gasteiger partial charge in [0.05, 0.1) is 36.0 Å². The van der Waals surface area contributed by atoms with Crippen molar-refractivity contribution in [2.45, 2.75) is 89.8 Å². The minimum Gasteiger partial charge on any atom is -0.490 e. The molecule has 1 unspecified atom stereocenters. The molecule has 0 bridgehead atoms. The van der Waals surface area contributed by atoms with Crippen LogP contribution in [0.5, 0.6) is 5.75 Å². The molecule has 1 aromatic carbocycles. The average Bonchev–Trinajstić information content (AvgIpc) is 3.54. The highest BCUT2D eigenvalue weighted by molar-refractivity contribution is 5.97. The lowest BCUT2D eigenvalue weighted by molar-refractivity contribution is -0.137. The van der Waals surface area contributed by atoms with Gasteiger partial charge in [0.2, 0.25) is 0 Å². The molecule has 2 aliphatic rings. The third-order valence-corrected chi connectivity index (χ3v) is 6.91. The van der Waals surface area contributed by atoms with Crippen molar-refractivity contribution in [2.24, 2.45) is 12.0 Å². The first-order valence-corrected chi connectivity index (χ1v) is 12.8. The van der Waals surface area contributed by atoms with Crippen LogP contribution in [0, 0.1) is 0 Å². The molecule has 2 fully saturated rings. The van der Waals surface area contributed by atoms with E-state index in [1.807, 2.05) is 29.4 Å². The predicted molar refractivity (Wildman–Crippen MR) is 131 cm³/mol. The van der Waals surface area contributed by atoms with E-state index in [1.165, 1.54) is 6.07 Å². The van der Waals surface area contributed by atoms with Crippen LogP contribution < -0.4 is 10.2 Å². The zero-order valence-corrected chi connectivity index (χ0v) is 22.1. The Morgan fingerprint density at radius 3 is 2.49 bits per heavy atom. The van der Waals surface area contributed by atoms with Crippen molar-refractivity contribution >= 4 is 5.91 Å². The number of ether oxygens (including phenoxy) is 3. The minimum absolute atomic E-state index is 0.0169. The number of amides is 1. The molecule has 37 heavy (non-hydrogen) atoms. The SMILES string of the molecule is C[C@H]1CCC(COc2ccc(C(F)(F)F)cc2C(=O)/N=c2\cc(C(C)(C)C)n(C)n2C[C@H]2CCCO2)O1. The molecule has 7 nitrogen and oxygen atoms in total. The molecule has 3 atom stereocenters. The van der Waals surface area contributed by atoms with Crippen LogP contribution in [-0.4, -0.2) is 46.8 Å². The number of rotatable bonds is 6. The molecule has 10 heteroatoms. The largest absolute Gasteiger partial charge is 0.490 e. The van der Waals surface area contributed by atoms with Crippen molar-refractivity contribution in [1.29, 1.82) is 0 Å². The molecular weight excluding hydrogens is 487 g/mol. The summed E-state index contributed by atoms with van der Waals surface area (Å²) >= 11 is 0. The lowest BCUT2D eigenvalue weighted by Crippen LogP contribution is -2.30. The topological polar surface area (TPSA) is 67.0 Å². The summed E-state index contributed by atoms with van der Waals surface area (Å²) in [5.41, 5.74) is -0.105. The number of nitrogens with zero attached hydrogens (tertiary/aromatic N) is 3. The number of halogens is 3. The Balaban J connectivity index is 1.72. The Morgan fingerprint density at radius 2 is 1.89 bits per heavy atom. The number of aromatic nitrogens is 2. The van der Waals surface area contributed by atoms with E-state index in [2.05, 4.69) is 25.8 Å². The van der Waals surface area contributed by atoms with Crippen LogP contribution >= 0.6 is 0 Å². The van der Waals surface area contributed by atoms with E-state index in [0.29, 0.717) is 18.6 Å². The molecular formula is C27H36F3N3O4. The summed E-state index contributed by atoms with van der Waals surface area (Å²) in [6, 6.07) is 4.74. The first-order valence-electron chi connectivity index (χ1n) is 12.8. The van der Waals surface area contributed by atoms with Crippen molar-refractivity contribution < 1.29 is 32.2 Å². The number of alkyl halides is 3. The van der Waals surface area contributed by atoms with Crippen LogP contribution in [0.15, 0.2) is 29.3 Å². The van der Waals surface area contributed by atoms with E-state index in [1.54, 1.807) is 0 Å². The molecule has 2 aliphatic heterocycles. The van der Waals surface area contributed by atoms with Crippen molar-refractivity contribution in [3.8, 4) is 5.75 Å². The van der Waals surface area contributed by atoms with E-state index in [-0.39, 0.29) is 41.6 Å². The lowest BCUT2D eigenvalue weighted by Gasteiger charge is -2.21. The Bertz CT molecular complexity index is 1190. The number of carbonyl (C=O) groups is 1. The number of carbonyl (C=O) groups excluding carboxylic acids is 1. The zero-order chi connectivity index (χ0) is 27.0. The van der Waals surface area contributed by atoms with Crippen molar-refractivity contribution in [2.75, 3.05) is 13.2 Å². The first kappa shape index (κ1) is 27.4. The maximum Gasteiger partial charge on any atom is 0.416 e. The Hall–Kier alpha value is -2.59. The fourth-order valence-corrected chi connectivity index (χ4v) is 4.92. The monoisotopic (exact) mass is 523 g/mol. The molecule has 0 radical (unpaired) electrons. The smallest absolute Gasteiger partial charge is 0.416 e. The van der Waals surface area contributed by atoms with Gasteiger partial charge in [0.1, 0.15) is 12.4 Å². The summed E-state index contributed by atoms with van der Waals surface area (Å²) in [5.74, 6) is -0.739. The summed E-state index contributed by atoms with van der Waals surface area (Å²) in [6.45, 7) is 9.43. The van der Waals surface area contributed by atoms with Gasteiger partial charge in [-0.3, -0.25) is 14.2 Å². The molecule has 0 aliphatic carbocycles. The molecule has 0 N–H and O–H groups in total. The summed E-state index contributed by atoms with van der Waals surface area (Å²) in [4.78, 5) is 17.7. The Labute approximate surface area is 215 Å². The van der Waals surface area contributed by atoms with E-state index >= 15 is 0 Å². The third-order valence-electron chi connectivity index (χ3n) is 6.91. The molecule has 204 valence electrons. The van der Waals surface area contributed by atoms with E-state index in [4.69, 9.17) is 14.2 Å². The normalized spacial score (nSPS) is 23.1. The van der Waals surface area contributed by atoms with Gasteiger partial charge in [-0.05, 0) is 50.8 Å². The van der Waals surface area contributed by atoms with Gasteiger partial charge in [-0.15, -0.1) is 0 Å². The second kappa shape index (κ2) is 10.6. The zero-order valence-electron chi connectivity index (χ0n) is 22.1. The molecule has 0 spiro atoms. The Kier molecular flexibility index (Phi) is 7.90. The molecule has 1 aromatic heterocycles. The summed E-state index contributed by atoms with van der Waals surface area (Å²) < 4.78 is 61.7. The second-order valence-electron chi connectivity index (χ2n) is 11.0. The van der Waals surface area contributed by atoms with Crippen LogP contribution in [0.4, 0.5) is 13.2 Å². The standard InChI is InChI=1S/C27H36F3N3O4/c1-17-8-10-20(37-17)16-36-22-11-9-18(27(28,29)30)13-21(22)25(34)31-24-14-23(26(2,3)4)32(5)33(24)15-19-7-6-12-35-19/h9,11,13-14,17,19-20H,6-8,10,12,15-16H2,1-5H3/b31-24+/t17-,19+,20?/m0/s1. The summed E-state index contributed by atoms with van der Waals surface area (Å²) in [5, 5.41) is 0. The number of hydrogen-bond acceptors (Lipinski definition) is 4. The van der Waals surface area contributed by atoms with Gasteiger partial charge in [0.15, 0.2) is 5.49 Å². The molecule has 2 saturated heterocycles. The summed E-state index contributed by atoms with van der Waals surface area (Å²) in [6.07, 6.45) is -1.16. The van der Waals surface area contributed by atoms with Crippen LogP contribution in [0.3, 0.4) is 0 Å². The van der Waals surface area contributed by atoms with E-state index < -0.39 is 17.6 Å². The Morgan fingerprint density at radius 1 is 1.14 bits per heavy atom. The van der Waals surface area contributed by atoms with Gasteiger partial charge in [-0.1, -0.05) is 20.8 Å². The lowest BCUT2D eigenvalue weighted by atomic mass is 9.92. The number of hydrogen-bond donors (Lipinski definition) is 0. The van der Waals surface area contributed by atoms with Gasteiger partial charge < -0.3 is 14.2 Å². The van der Waals surface area contributed by atoms with Gasteiger partial charge in [0.25, 0.3) is 5.91 Å².